The number of hydrogen-bond donors (Lipinski definition) is 1. The van der Waals surface area contributed by atoms with Gasteiger partial charge < -0.3 is 5.73 Å². The van der Waals surface area contributed by atoms with Gasteiger partial charge in [-0.3, -0.25) is 10.1 Å². The molecule has 4 heteroatoms. The maximum atomic E-state index is 10.8. The summed E-state index contributed by atoms with van der Waals surface area (Å²) in [6.45, 7) is 6.35. The van der Waals surface area contributed by atoms with Gasteiger partial charge in [-0.1, -0.05) is 26.8 Å². The number of non-ortho nitro benzene ring substituents is 1. The Morgan fingerprint density at radius 3 is 2.50 bits per heavy atom. The molecule has 1 aromatic carbocycles. The Morgan fingerprint density at radius 2 is 2.00 bits per heavy atom. The second-order valence-electron chi connectivity index (χ2n) is 5.07. The van der Waals surface area contributed by atoms with Gasteiger partial charge in [0, 0.05) is 18.2 Å². The average Bonchev–Trinajstić information content (AvgIpc) is 2.34. The molecular formula is C14H22N2O2. The highest BCUT2D eigenvalue weighted by Crippen LogP contribution is 2.26. The smallest absolute Gasteiger partial charge is 0.269 e. The molecule has 0 aromatic heterocycles. The SMILES string of the molecule is CCc1ccc([N+](=O)[O-])cc1C(N)CCC(C)C. The number of nitrogens with zero attached hydrogens (tertiary/aromatic N) is 1. The lowest BCUT2D eigenvalue weighted by Gasteiger charge is -2.16. The van der Waals surface area contributed by atoms with Gasteiger partial charge in [0.25, 0.3) is 5.69 Å². The Labute approximate surface area is 108 Å². The van der Waals surface area contributed by atoms with Crippen LogP contribution in [0, 0.1) is 16.0 Å². The topological polar surface area (TPSA) is 69.2 Å². The van der Waals surface area contributed by atoms with Gasteiger partial charge >= 0.3 is 0 Å². The van der Waals surface area contributed by atoms with E-state index in [1.807, 2.05) is 13.0 Å². The first kappa shape index (κ1) is 14.6. The molecule has 0 saturated heterocycles. The predicted molar refractivity (Wildman–Crippen MR) is 73.5 cm³/mol. The summed E-state index contributed by atoms with van der Waals surface area (Å²) in [5.41, 5.74) is 8.32. The Hall–Kier alpha value is -1.42. The number of nitro groups is 1. The van der Waals surface area contributed by atoms with Crippen molar-refractivity contribution in [1.29, 1.82) is 0 Å². The van der Waals surface area contributed by atoms with Crippen molar-refractivity contribution in [2.45, 2.75) is 46.1 Å². The molecule has 0 saturated carbocycles. The summed E-state index contributed by atoms with van der Waals surface area (Å²) in [7, 11) is 0. The summed E-state index contributed by atoms with van der Waals surface area (Å²) in [4.78, 5) is 10.4. The van der Waals surface area contributed by atoms with E-state index < -0.39 is 0 Å². The molecule has 1 aromatic rings. The molecule has 0 amide bonds. The second-order valence-corrected chi connectivity index (χ2v) is 5.07. The molecule has 0 aliphatic rings. The zero-order valence-corrected chi connectivity index (χ0v) is 11.3. The van der Waals surface area contributed by atoms with Crippen molar-refractivity contribution in [3.63, 3.8) is 0 Å². The number of benzene rings is 1. The minimum Gasteiger partial charge on any atom is -0.324 e. The van der Waals surface area contributed by atoms with Crippen LogP contribution in [0.5, 0.6) is 0 Å². The van der Waals surface area contributed by atoms with E-state index in [9.17, 15) is 10.1 Å². The van der Waals surface area contributed by atoms with E-state index >= 15 is 0 Å². The summed E-state index contributed by atoms with van der Waals surface area (Å²) in [5.74, 6) is 0.597. The first-order valence-electron chi connectivity index (χ1n) is 6.48. The van der Waals surface area contributed by atoms with Crippen LogP contribution in [0.2, 0.25) is 0 Å². The Balaban J connectivity index is 2.96. The Bertz CT molecular complexity index is 416. The highest BCUT2D eigenvalue weighted by molar-refractivity contribution is 5.41. The van der Waals surface area contributed by atoms with Crippen molar-refractivity contribution in [2.75, 3.05) is 0 Å². The van der Waals surface area contributed by atoms with Gasteiger partial charge in [-0.05, 0) is 36.3 Å². The second kappa shape index (κ2) is 6.50. The zero-order chi connectivity index (χ0) is 13.7. The number of nitro benzene ring substituents is 1. The monoisotopic (exact) mass is 250 g/mol. The number of hydrogen-bond acceptors (Lipinski definition) is 3. The Morgan fingerprint density at radius 1 is 1.33 bits per heavy atom. The largest absolute Gasteiger partial charge is 0.324 e. The highest BCUT2D eigenvalue weighted by Gasteiger charge is 2.15. The molecule has 0 aliphatic heterocycles. The van der Waals surface area contributed by atoms with Crippen LogP contribution >= 0.6 is 0 Å². The van der Waals surface area contributed by atoms with E-state index in [0.717, 1.165) is 30.4 Å². The van der Waals surface area contributed by atoms with Crippen LogP contribution in [0.4, 0.5) is 5.69 Å². The molecule has 0 fully saturated rings. The highest BCUT2D eigenvalue weighted by atomic mass is 16.6. The predicted octanol–water partition coefficient (Wildman–Crippen LogP) is 3.59. The standard InChI is InChI=1S/C14H22N2O2/c1-4-11-6-7-12(16(17)18)9-13(11)14(15)8-5-10(2)3/h6-7,9-10,14H,4-5,8,15H2,1-3H3. The average molecular weight is 250 g/mol. The van der Waals surface area contributed by atoms with Gasteiger partial charge in [-0.15, -0.1) is 0 Å². The summed E-state index contributed by atoms with van der Waals surface area (Å²) in [6, 6.07) is 4.89. The fourth-order valence-corrected chi connectivity index (χ4v) is 2.03. The van der Waals surface area contributed by atoms with Crippen molar-refractivity contribution < 1.29 is 4.92 Å². The van der Waals surface area contributed by atoms with Gasteiger partial charge in [0.15, 0.2) is 0 Å². The molecule has 1 atom stereocenters. The molecule has 1 unspecified atom stereocenters. The van der Waals surface area contributed by atoms with Crippen molar-refractivity contribution in [1.82, 2.24) is 0 Å². The molecule has 0 spiro atoms. The van der Waals surface area contributed by atoms with E-state index in [1.54, 1.807) is 12.1 Å². The van der Waals surface area contributed by atoms with Gasteiger partial charge in [-0.2, -0.15) is 0 Å². The number of rotatable bonds is 6. The maximum Gasteiger partial charge on any atom is 0.269 e. The molecule has 1 rings (SSSR count). The van der Waals surface area contributed by atoms with E-state index in [4.69, 9.17) is 5.73 Å². The minimum atomic E-state index is -0.363. The number of nitrogens with two attached hydrogens (primary N) is 1. The van der Waals surface area contributed by atoms with Crippen LogP contribution in [0.1, 0.15) is 50.8 Å². The van der Waals surface area contributed by atoms with Crippen LogP contribution in [-0.4, -0.2) is 4.92 Å². The molecule has 0 heterocycles. The molecular weight excluding hydrogens is 228 g/mol. The molecule has 0 radical (unpaired) electrons. The third kappa shape index (κ3) is 3.81. The van der Waals surface area contributed by atoms with Gasteiger partial charge in [-0.25, -0.2) is 0 Å². The summed E-state index contributed by atoms with van der Waals surface area (Å²) >= 11 is 0. The molecule has 100 valence electrons. The van der Waals surface area contributed by atoms with Crippen LogP contribution in [0.3, 0.4) is 0 Å². The molecule has 2 N–H and O–H groups in total. The summed E-state index contributed by atoms with van der Waals surface area (Å²) < 4.78 is 0. The lowest BCUT2D eigenvalue weighted by molar-refractivity contribution is -0.384. The maximum absolute atomic E-state index is 10.8. The minimum absolute atomic E-state index is 0.109. The molecule has 4 nitrogen and oxygen atoms in total. The fourth-order valence-electron chi connectivity index (χ4n) is 2.03. The quantitative estimate of drug-likeness (QED) is 0.619. The first-order valence-corrected chi connectivity index (χ1v) is 6.48. The van der Waals surface area contributed by atoms with E-state index in [-0.39, 0.29) is 16.7 Å². The first-order chi connectivity index (χ1) is 8.45. The fraction of sp³-hybridized carbons (Fsp3) is 0.571. The summed E-state index contributed by atoms with van der Waals surface area (Å²) in [5, 5.41) is 10.8. The lowest BCUT2D eigenvalue weighted by atomic mass is 9.93. The lowest BCUT2D eigenvalue weighted by Crippen LogP contribution is -2.13. The van der Waals surface area contributed by atoms with Crippen molar-refractivity contribution in [3.05, 3.63) is 39.4 Å². The van der Waals surface area contributed by atoms with E-state index in [0.29, 0.717) is 5.92 Å². The van der Waals surface area contributed by atoms with Gasteiger partial charge in [0.05, 0.1) is 4.92 Å². The third-order valence-corrected chi connectivity index (χ3v) is 3.18. The zero-order valence-electron chi connectivity index (χ0n) is 11.3. The van der Waals surface area contributed by atoms with Crippen LogP contribution in [0.15, 0.2) is 18.2 Å². The van der Waals surface area contributed by atoms with Crippen molar-refractivity contribution in [3.8, 4) is 0 Å². The Kier molecular flexibility index (Phi) is 5.28. The van der Waals surface area contributed by atoms with Crippen molar-refractivity contribution in [2.24, 2.45) is 11.7 Å². The van der Waals surface area contributed by atoms with E-state index in [1.165, 1.54) is 0 Å². The van der Waals surface area contributed by atoms with E-state index in [2.05, 4.69) is 13.8 Å². The molecule has 18 heavy (non-hydrogen) atoms. The number of aryl methyl sites for hydroxylation is 1. The van der Waals surface area contributed by atoms with Crippen LogP contribution in [0.25, 0.3) is 0 Å². The van der Waals surface area contributed by atoms with Gasteiger partial charge in [0.2, 0.25) is 0 Å². The third-order valence-electron chi connectivity index (χ3n) is 3.18. The normalized spacial score (nSPS) is 12.7. The van der Waals surface area contributed by atoms with Crippen LogP contribution in [-0.2, 0) is 6.42 Å². The summed E-state index contributed by atoms with van der Waals surface area (Å²) in [6.07, 6.45) is 2.75. The van der Waals surface area contributed by atoms with Crippen molar-refractivity contribution >= 4 is 5.69 Å². The molecule has 0 bridgehead atoms. The van der Waals surface area contributed by atoms with Crippen LogP contribution < -0.4 is 5.73 Å². The molecule has 0 aliphatic carbocycles. The van der Waals surface area contributed by atoms with Gasteiger partial charge in [0.1, 0.15) is 0 Å².